The Bertz CT molecular complexity index is 808. The summed E-state index contributed by atoms with van der Waals surface area (Å²) in [5, 5.41) is 15.0. The van der Waals surface area contributed by atoms with E-state index in [9.17, 15) is 19.5 Å². The van der Waals surface area contributed by atoms with Crippen LogP contribution in [0.15, 0.2) is 30.8 Å². The maximum absolute atomic E-state index is 13.1. The molecule has 1 rings (SSSR count). The lowest BCUT2D eigenvalue weighted by molar-refractivity contribution is -0.142. The summed E-state index contributed by atoms with van der Waals surface area (Å²) in [6.07, 6.45) is 0.808. The minimum Gasteiger partial charge on any atom is -0.444 e. The molecule has 0 fully saturated rings. The highest BCUT2D eigenvalue weighted by Gasteiger charge is 2.35. The van der Waals surface area contributed by atoms with Crippen LogP contribution >= 0.6 is 0 Å². The third-order valence-electron chi connectivity index (χ3n) is 4.12. The molecular weight excluding hydrogens is 398 g/mol. The van der Waals surface area contributed by atoms with Crippen LogP contribution in [0.25, 0.3) is 6.08 Å². The molecule has 3 N–H and O–H groups in total. The smallest absolute Gasteiger partial charge is 0.408 e. The molecule has 1 aromatic rings. The third kappa shape index (κ3) is 8.41. The number of amides is 3. The molecule has 2 atom stereocenters. The number of nitrogens with one attached hydrogen (secondary N) is 2. The lowest BCUT2D eigenvalue weighted by Gasteiger charge is -2.33. The molecule has 2 unspecified atom stereocenters. The van der Waals surface area contributed by atoms with Crippen molar-refractivity contribution in [2.24, 2.45) is 0 Å². The molecule has 0 spiro atoms. The monoisotopic (exact) mass is 433 g/mol. The second-order valence-corrected chi connectivity index (χ2v) is 9.35. The number of rotatable bonds is 7. The molecule has 0 saturated heterocycles. The van der Waals surface area contributed by atoms with Crippen LogP contribution < -0.4 is 10.6 Å². The number of ether oxygens (including phenoxy) is 1. The van der Waals surface area contributed by atoms with E-state index in [4.69, 9.17) is 4.74 Å². The molecule has 8 heteroatoms. The number of aliphatic hydroxyl groups is 1. The first-order valence-corrected chi connectivity index (χ1v) is 10.1. The van der Waals surface area contributed by atoms with E-state index in [0.717, 1.165) is 5.56 Å². The fourth-order valence-corrected chi connectivity index (χ4v) is 2.85. The third-order valence-corrected chi connectivity index (χ3v) is 4.12. The number of benzene rings is 1. The second-order valence-electron chi connectivity index (χ2n) is 9.35. The average Bonchev–Trinajstić information content (AvgIpc) is 2.62. The fourth-order valence-electron chi connectivity index (χ4n) is 2.85. The molecule has 31 heavy (non-hydrogen) atoms. The summed E-state index contributed by atoms with van der Waals surface area (Å²) in [6.45, 7) is 13.7. The van der Waals surface area contributed by atoms with Gasteiger partial charge < -0.3 is 25.4 Å². The van der Waals surface area contributed by atoms with Crippen molar-refractivity contribution < 1.29 is 24.2 Å². The SMILES string of the molecule is C=Cc1cccc(C(C(=O)NC(C)(C)C)N(C)C(=O)C(CO)NC(=O)OC(C)(C)C)c1. The van der Waals surface area contributed by atoms with Crippen LogP contribution in [-0.4, -0.2) is 58.8 Å². The molecule has 0 saturated carbocycles. The number of likely N-dealkylation sites (N-methyl/N-ethyl adjacent to an activating group) is 1. The first kappa shape index (κ1) is 26.2. The molecule has 0 aromatic heterocycles. The van der Waals surface area contributed by atoms with Crippen LogP contribution in [0.2, 0.25) is 0 Å². The lowest BCUT2D eigenvalue weighted by Crippen LogP contribution is -2.54. The van der Waals surface area contributed by atoms with Gasteiger partial charge in [0.1, 0.15) is 17.7 Å². The van der Waals surface area contributed by atoms with E-state index in [1.54, 1.807) is 45.0 Å². The largest absolute Gasteiger partial charge is 0.444 e. The van der Waals surface area contributed by atoms with Crippen LogP contribution in [0.5, 0.6) is 0 Å². The van der Waals surface area contributed by atoms with E-state index in [0.29, 0.717) is 5.56 Å². The number of aliphatic hydroxyl groups excluding tert-OH is 1. The molecule has 0 bridgehead atoms. The Hall–Kier alpha value is -2.87. The number of alkyl carbamates (subject to hydrolysis) is 1. The Labute approximate surface area is 184 Å². The Morgan fingerprint density at radius 1 is 1.19 bits per heavy atom. The van der Waals surface area contributed by atoms with E-state index >= 15 is 0 Å². The highest BCUT2D eigenvalue weighted by molar-refractivity contribution is 5.92. The van der Waals surface area contributed by atoms with Crippen molar-refractivity contribution in [3.05, 3.63) is 42.0 Å². The van der Waals surface area contributed by atoms with Crippen molar-refractivity contribution in [2.75, 3.05) is 13.7 Å². The summed E-state index contributed by atoms with van der Waals surface area (Å²) in [5.41, 5.74) is 0.0705. The summed E-state index contributed by atoms with van der Waals surface area (Å²) in [5.74, 6) is -1.02. The van der Waals surface area contributed by atoms with Crippen LogP contribution in [0, 0.1) is 0 Å². The highest BCUT2D eigenvalue weighted by Crippen LogP contribution is 2.23. The Morgan fingerprint density at radius 3 is 2.29 bits per heavy atom. The molecule has 0 aliphatic carbocycles. The first-order chi connectivity index (χ1) is 14.2. The fraction of sp³-hybridized carbons (Fsp3) is 0.522. The zero-order valence-corrected chi connectivity index (χ0v) is 19.5. The summed E-state index contributed by atoms with van der Waals surface area (Å²) < 4.78 is 5.17. The topological polar surface area (TPSA) is 108 Å². The van der Waals surface area contributed by atoms with Crippen molar-refractivity contribution in [2.45, 2.75) is 64.8 Å². The minimum atomic E-state index is -1.27. The standard InChI is InChI=1S/C23H35N3O5/c1-9-15-11-10-12-16(13-15)18(19(28)25-22(2,3)4)26(8)20(29)17(14-27)24-21(30)31-23(5,6)7/h9-13,17-18,27H,1,14H2,2-8H3,(H,24,30)(H,25,28). The van der Waals surface area contributed by atoms with Gasteiger partial charge in [-0.25, -0.2) is 4.79 Å². The van der Waals surface area contributed by atoms with Crippen molar-refractivity contribution in [3.8, 4) is 0 Å². The summed E-state index contributed by atoms with van der Waals surface area (Å²) in [4.78, 5) is 39.5. The van der Waals surface area contributed by atoms with Crippen molar-refractivity contribution in [3.63, 3.8) is 0 Å². The molecule has 8 nitrogen and oxygen atoms in total. The van der Waals surface area contributed by atoms with Gasteiger partial charge in [0.2, 0.25) is 11.8 Å². The molecular formula is C23H35N3O5. The Kier molecular flexibility index (Phi) is 8.81. The normalized spacial score (nSPS) is 13.5. The van der Waals surface area contributed by atoms with E-state index in [2.05, 4.69) is 17.2 Å². The van der Waals surface area contributed by atoms with Gasteiger partial charge in [-0.1, -0.05) is 30.9 Å². The van der Waals surface area contributed by atoms with Crippen LogP contribution in [0.1, 0.15) is 58.7 Å². The highest BCUT2D eigenvalue weighted by atomic mass is 16.6. The van der Waals surface area contributed by atoms with Gasteiger partial charge >= 0.3 is 6.09 Å². The predicted molar refractivity (Wildman–Crippen MR) is 120 cm³/mol. The predicted octanol–water partition coefficient (Wildman–Crippen LogP) is 2.63. The minimum absolute atomic E-state index is 0.390. The number of nitrogens with zero attached hydrogens (tertiary/aromatic N) is 1. The van der Waals surface area contributed by atoms with E-state index in [1.807, 2.05) is 26.8 Å². The number of hydrogen-bond donors (Lipinski definition) is 3. The van der Waals surface area contributed by atoms with Gasteiger partial charge in [0.15, 0.2) is 0 Å². The van der Waals surface area contributed by atoms with Gasteiger partial charge in [0, 0.05) is 12.6 Å². The van der Waals surface area contributed by atoms with Gasteiger partial charge in [-0.05, 0) is 58.7 Å². The van der Waals surface area contributed by atoms with Gasteiger partial charge in [-0.3, -0.25) is 9.59 Å². The van der Waals surface area contributed by atoms with Gasteiger partial charge in [-0.2, -0.15) is 0 Å². The summed E-state index contributed by atoms with van der Waals surface area (Å²) in [7, 11) is 1.45. The summed E-state index contributed by atoms with van der Waals surface area (Å²) in [6, 6.07) is 4.84. The van der Waals surface area contributed by atoms with Crippen LogP contribution in [0.3, 0.4) is 0 Å². The zero-order valence-electron chi connectivity index (χ0n) is 19.5. The quantitative estimate of drug-likeness (QED) is 0.613. The van der Waals surface area contributed by atoms with Gasteiger partial charge in [0.25, 0.3) is 0 Å². The number of carbonyl (C=O) groups excluding carboxylic acids is 3. The Morgan fingerprint density at radius 2 is 1.81 bits per heavy atom. The Balaban J connectivity index is 3.23. The molecule has 0 aliphatic heterocycles. The van der Waals surface area contributed by atoms with E-state index < -0.39 is 47.7 Å². The molecule has 1 aromatic carbocycles. The number of hydrogen-bond acceptors (Lipinski definition) is 5. The molecule has 0 heterocycles. The van der Waals surface area contributed by atoms with Crippen molar-refractivity contribution in [1.29, 1.82) is 0 Å². The van der Waals surface area contributed by atoms with Crippen LogP contribution in [0.4, 0.5) is 4.79 Å². The molecule has 3 amide bonds. The maximum Gasteiger partial charge on any atom is 0.408 e. The average molecular weight is 434 g/mol. The molecule has 172 valence electrons. The van der Waals surface area contributed by atoms with E-state index in [-0.39, 0.29) is 0 Å². The second kappa shape index (κ2) is 10.4. The maximum atomic E-state index is 13.1. The summed E-state index contributed by atoms with van der Waals surface area (Å²) >= 11 is 0. The lowest BCUT2D eigenvalue weighted by atomic mass is 9.99. The van der Waals surface area contributed by atoms with Gasteiger partial charge in [-0.15, -0.1) is 0 Å². The number of carbonyl (C=O) groups is 3. The van der Waals surface area contributed by atoms with Crippen molar-refractivity contribution in [1.82, 2.24) is 15.5 Å². The molecule has 0 aliphatic rings. The zero-order chi connectivity index (χ0) is 24.0. The van der Waals surface area contributed by atoms with E-state index in [1.165, 1.54) is 11.9 Å². The van der Waals surface area contributed by atoms with Crippen molar-refractivity contribution >= 4 is 24.0 Å². The van der Waals surface area contributed by atoms with Gasteiger partial charge in [0.05, 0.1) is 6.61 Å². The first-order valence-electron chi connectivity index (χ1n) is 10.1. The molecule has 0 radical (unpaired) electrons. The van der Waals surface area contributed by atoms with Crippen LogP contribution in [-0.2, 0) is 14.3 Å².